The topological polar surface area (TPSA) is 6.48 Å². The van der Waals surface area contributed by atoms with Gasteiger partial charge >= 0.3 is 0 Å². The molecule has 0 bridgehead atoms. The fraction of sp³-hybridized carbons (Fsp3) is 0.400. The maximum absolute atomic E-state index is 3.46. The van der Waals surface area contributed by atoms with Crippen molar-refractivity contribution in [2.24, 2.45) is 0 Å². The lowest BCUT2D eigenvalue weighted by Crippen LogP contribution is -2.32. The zero-order valence-corrected chi connectivity index (χ0v) is 10.1. The van der Waals surface area contributed by atoms with Gasteiger partial charge in [0.2, 0.25) is 0 Å². The highest BCUT2D eigenvalue weighted by atomic mass is 79.9. The zero-order chi connectivity index (χ0) is 10.0. The lowest BCUT2D eigenvalue weighted by Gasteiger charge is -2.31. The monoisotopic (exact) mass is 242 g/mol. The first-order chi connectivity index (χ1) is 6.02. The van der Waals surface area contributed by atoms with Gasteiger partial charge in [0.1, 0.15) is 0 Å². The van der Waals surface area contributed by atoms with Crippen molar-refractivity contribution >= 4 is 15.9 Å². The minimum atomic E-state index is 1.09. The van der Waals surface area contributed by atoms with Crippen LogP contribution in [0.25, 0.3) is 0 Å². The summed E-state index contributed by atoms with van der Waals surface area (Å²) in [6.07, 6.45) is 6.23. The lowest BCUT2D eigenvalue weighted by atomic mass is 10.2. The molecule has 0 aromatic carbocycles. The molecule has 3 heteroatoms. The van der Waals surface area contributed by atoms with Gasteiger partial charge in [-0.1, -0.05) is 5.57 Å². The molecule has 0 unspecified atom stereocenters. The lowest BCUT2D eigenvalue weighted by molar-refractivity contribution is 0.127. The van der Waals surface area contributed by atoms with Crippen LogP contribution in [0.3, 0.4) is 0 Å². The van der Waals surface area contributed by atoms with Crippen molar-refractivity contribution < 1.29 is 0 Å². The van der Waals surface area contributed by atoms with Crippen molar-refractivity contribution in [3.8, 4) is 0 Å². The van der Waals surface area contributed by atoms with Gasteiger partial charge in [-0.15, -0.1) is 0 Å². The van der Waals surface area contributed by atoms with Gasteiger partial charge in [0, 0.05) is 24.8 Å². The first-order valence-electron chi connectivity index (χ1n) is 4.21. The third kappa shape index (κ3) is 2.45. The number of allylic oxidation sites excluding steroid dienone is 4. The number of hydrogen-bond donors (Lipinski definition) is 0. The Bertz CT molecular complexity index is 283. The van der Waals surface area contributed by atoms with Crippen molar-refractivity contribution in [1.29, 1.82) is 0 Å². The molecule has 0 N–H and O–H groups in total. The Labute approximate surface area is 88.3 Å². The molecule has 0 saturated carbocycles. The maximum Gasteiger partial charge on any atom is 0.0560 e. The summed E-state index contributed by atoms with van der Waals surface area (Å²) in [4.78, 5) is 0. The Morgan fingerprint density at radius 3 is 2.38 bits per heavy atom. The molecule has 0 aliphatic carbocycles. The molecule has 0 radical (unpaired) electrons. The normalized spacial score (nSPS) is 16.6. The summed E-state index contributed by atoms with van der Waals surface area (Å²) in [6, 6.07) is 0. The Kier molecular flexibility index (Phi) is 3.33. The first kappa shape index (κ1) is 10.5. The van der Waals surface area contributed by atoms with Crippen molar-refractivity contribution in [3.05, 3.63) is 34.1 Å². The predicted octanol–water partition coefficient (Wildman–Crippen LogP) is 2.87. The van der Waals surface area contributed by atoms with Crippen molar-refractivity contribution in [1.82, 2.24) is 10.0 Å². The van der Waals surface area contributed by atoms with E-state index in [1.54, 1.807) is 0 Å². The number of hydrazine groups is 1. The van der Waals surface area contributed by atoms with E-state index in [1.807, 2.05) is 19.1 Å². The largest absolute Gasteiger partial charge is 0.281 e. The van der Waals surface area contributed by atoms with Gasteiger partial charge in [-0.05, 0) is 41.9 Å². The van der Waals surface area contributed by atoms with Crippen LogP contribution < -0.4 is 0 Å². The van der Waals surface area contributed by atoms with E-state index in [2.05, 4.69) is 53.1 Å². The highest BCUT2D eigenvalue weighted by Gasteiger charge is 2.12. The van der Waals surface area contributed by atoms with Crippen molar-refractivity contribution in [3.63, 3.8) is 0 Å². The fourth-order valence-electron chi connectivity index (χ4n) is 1.19. The van der Waals surface area contributed by atoms with Crippen LogP contribution in [0.15, 0.2) is 34.1 Å². The second-order valence-electron chi connectivity index (χ2n) is 3.42. The third-order valence-corrected chi connectivity index (χ3v) is 2.31. The average molecular weight is 243 g/mol. The van der Waals surface area contributed by atoms with Crippen LogP contribution in [0, 0.1) is 0 Å². The van der Waals surface area contributed by atoms with Crippen LogP contribution in [-0.4, -0.2) is 24.1 Å². The van der Waals surface area contributed by atoms with E-state index < -0.39 is 0 Å². The molecule has 72 valence electrons. The molecule has 1 aliphatic rings. The summed E-state index contributed by atoms with van der Waals surface area (Å²) in [5.41, 5.74) is 2.54. The Hall–Kier alpha value is -0.540. The van der Waals surface area contributed by atoms with Gasteiger partial charge in [-0.25, -0.2) is 5.01 Å². The van der Waals surface area contributed by atoms with E-state index in [-0.39, 0.29) is 0 Å². The van der Waals surface area contributed by atoms with Gasteiger partial charge in [0.05, 0.1) is 5.70 Å². The van der Waals surface area contributed by atoms with Crippen molar-refractivity contribution in [2.75, 3.05) is 14.1 Å². The van der Waals surface area contributed by atoms with Crippen LogP contribution in [-0.2, 0) is 0 Å². The summed E-state index contributed by atoms with van der Waals surface area (Å²) >= 11 is 3.46. The molecular formula is C10H15BrN2. The standard InChI is InChI=1S/C10H15BrN2/c1-8(2)10-6-5-9(11)7-13(10)12(3)4/h5-7H,1-4H3. The van der Waals surface area contributed by atoms with E-state index in [9.17, 15) is 0 Å². The number of nitrogens with zero attached hydrogens (tertiary/aromatic N) is 2. The van der Waals surface area contributed by atoms with E-state index in [1.165, 1.54) is 11.3 Å². The van der Waals surface area contributed by atoms with E-state index in [4.69, 9.17) is 0 Å². The van der Waals surface area contributed by atoms with E-state index >= 15 is 0 Å². The van der Waals surface area contributed by atoms with Gasteiger partial charge in [-0.3, -0.25) is 5.01 Å². The van der Waals surface area contributed by atoms with E-state index in [0.29, 0.717) is 0 Å². The average Bonchev–Trinajstić information content (AvgIpc) is 2.03. The van der Waals surface area contributed by atoms with Crippen LogP contribution >= 0.6 is 15.9 Å². The minimum absolute atomic E-state index is 1.09. The molecule has 0 aromatic rings. The van der Waals surface area contributed by atoms with Gasteiger partial charge < -0.3 is 0 Å². The number of hydrogen-bond acceptors (Lipinski definition) is 2. The molecular weight excluding hydrogens is 228 g/mol. The van der Waals surface area contributed by atoms with Gasteiger partial charge in [0.25, 0.3) is 0 Å². The van der Waals surface area contributed by atoms with Crippen molar-refractivity contribution in [2.45, 2.75) is 13.8 Å². The highest BCUT2D eigenvalue weighted by molar-refractivity contribution is 9.11. The Morgan fingerprint density at radius 2 is 1.92 bits per heavy atom. The molecule has 1 rings (SSSR count). The minimum Gasteiger partial charge on any atom is -0.281 e. The molecule has 0 fully saturated rings. The molecule has 13 heavy (non-hydrogen) atoms. The molecule has 0 amide bonds. The number of rotatable bonds is 1. The Morgan fingerprint density at radius 1 is 1.31 bits per heavy atom. The second-order valence-corrected chi connectivity index (χ2v) is 4.34. The van der Waals surface area contributed by atoms with Gasteiger partial charge in [-0.2, -0.15) is 0 Å². The summed E-state index contributed by atoms with van der Waals surface area (Å²) < 4.78 is 1.09. The zero-order valence-electron chi connectivity index (χ0n) is 8.50. The van der Waals surface area contributed by atoms with Crippen LogP contribution in [0.4, 0.5) is 0 Å². The van der Waals surface area contributed by atoms with Crippen LogP contribution in [0.5, 0.6) is 0 Å². The fourth-order valence-corrected chi connectivity index (χ4v) is 1.52. The molecule has 0 aromatic heterocycles. The first-order valence-corrected chi connectivity index (χ1v) is 5.01. The quantitative estimate of drug-likeness (QED) is 0.698. The van der Waals surface area contributed by atoms with Crippen LogP contribution in [0.1, 0.15) is 13.8 Å². The second kappa shape index (κ2) is 4.11. The predicted molar refractivity (Wildman–Crippen MR) is 60.1 cm³/mol. The maximum atomic E-state index is 3.46. The molecule has 1 heterocycles. The Balaban J connectivity index is 3.02. The van der Waals surface area contributed by atoms with Crippen LogP contribution in [0.2, 0.25) is 0 Å². The molecule has 1 aliphatic heterocycles. The van der Waals surface area contributed by atoms with Gasteiger partial charge in [0.15, 0.2) is 0 Å². The number of halogens is 1. The molecule has 2 nitrogen and oxygen atoms in total. The summed E-state index contributed by atoms with van der Waals surface area (Å²) in [5.74, 6) is 0. The smallest absolute Gasteiger partial charge is 0.0560 e. The molecule has 0 spiro atoms. The molecule has 0 saturated heterocycles. The highest BCUT2D eigenvalue weighted by Crippen LogP contribution is 2.23. The summed E-state index contributed by atoms with van der Waals surface area (Å²) in [6.45, 7) is 4.23. The van der Waals surface area contributed by atoms with E-state index in [0.717, 1.165) is 4.48 Å². The third-order valence-electron chi connectivity index (χ3n) is 1.84. The molecule has 0 atom stereocenters. The SMILES string of the molecule is CC(C)=C1C=CC(Br)=CN1N(C)C. The summed E-state index contributed by atoms with van der Waals surface area (Å²) in [7, 11) is 4.05. The summed E-state index contributed by atoms with van der Waals surface area (Å²) in [5, 5.41) is 4.16.